The Morgan fingerprint density at radius 2 is 2.20 bits per heavy atom. The lowest BCUT2D eigenvalue weighted by molar-refractivity contribution is -0.116. The van der Waals surface area contributed by atoms with Crippen molar-refractivity contribution >= 4 is 23.6 Å². The largest absolute Gasteiger partial charge is 0.353 e. The van der Waals surface area contributed by atoms with Crippen LogP contribution in [-0.4, -0.2) is 25.5 Å². The second-order valence-electron chi connectivity index (χ2n) is 5.18. The number of carbonyl (C=O) groups excluding carboxylic acids is 1. The van der Waals surface area contributed by atoms with E-state index in [2.05, 4.69) is 10.6 Å². The van der Waals surface area contributed by atoms with Crippen LogP contribution in [0.15, 0.2) is 30.3 Å². The van der Waals surface area contributed by atoms with Gasteiger partial charge in [-0.3, -0.25) is 4.79 Å². The van der Waals surface area contributed by atoms with Gasteiger partial charge in [0.2, 0.25) is 5.91 Å². The third kappa shape index (κ3) is 5.35. The van der Waals surface area contributed by atoms with Gasteiger partial charge in [0, 0.05) is 17.6 Å². The predicted molar refractivity (Wildman–Crippen MR) is 83.7 cm³/mol. The first-order valence-electron chi connectivity index (χ1n) is 7.16. The summed E-state index contributed by atoms with van der Waals surface area (Å²) in [7, 11) is 0. The molecule has 1 aliphatic rings. The van der Waals surface area contributed by atoms with Gasteiger partial charge in [0.1, 0.15) is 0 Å². The fraction of sp³-hybridized carbons (Fsp3) is 0.438. The molecule has 0 spiro atoms. The molecule has 3 nitrogen and oxygen atoms in total. The molecular weight excluding hydrogens is 272 g/mol. The van der Waals surface area contributed by atoms with E-state index in [1.807, 2.05) is 24.3 Å². The van der Waals surface area contributed by atoms with Crippen LogP contribution >= 0.6 is 11.6 Å². The van der Waals surface area contributed by atoms with Crippen molar-refractivity contribution in [3.63, 3.8) is 0 Å². The highest BCUT2D eigenvalue weighted by Crippen LogP contribution is 2.13. The fourth-order valence-corrected chi connectivity index (χ4v) is 2.50. The lowest BCUT2D eigenvalue weighted by Crippen LogP contribution is -2.32. The predicted octanol–water partition coefficient (Wildman–Crippen LogP) is 2.86. The molecule has 4 heteroatoms. The molecule has 1 aromatic rings. The minimum Gasteiger partial charge on any atom is -0.353 e. The Kier molecular flexibility index (Phi) is 6.09. The van der Waals surface area contributed by atoms with Gasteiger partial charge in [-0.05, 0) is 62.0 Å². The zero-order valence-electron chi connectivity index (χ0n) is 11.6. The summed E-state index contributed by atoms with van der Waals surface area (Å²) >= 11 is 5.81. The highest BCUT2D eigenvalue weighted by atomic mass is 35.5. The summed E-state index contributed by atoms with van der Waals surface area (Å²) in [6, 6.07) is 7.41. The molecule has 0 saturated carbocycles. The van der Waals surface area contributed by atoms with E-state index in [0.717, 1.165) is 31.6 Å². The van der Waals surface area contributed by atoms with Crippen molar-refractivity contribution in [2.75, 3.05) is 19.6 Å². The van der Waals surface area contributed by atoms with Gasteiger partial charge in [-0.25, -0.2) is 0 Å². The number of benzene rings is 1. The summed E-state index contributed by atoms with van der Waals surface area (Å²) in [5.74, 6) is 0.660. The van der Waals surface area contributed by atoms with Crippen LogP contribution < -0.4 is 10.6 Å². The summed E-state index contributed by atoms with van der Waals surface area (Å²) in [4.78, 5) is 11.7. The number of halogens is 1. The van der Waals surface area contributed by atoms with Crippen molar-refractivity contribution in [2.45, 2.75) is 19.3 Å². The normalized spacial score (nSPS) is 19.1. The second kappa shape index (κ2) is 8.08. The average Bonchev–Trinajstić information content (AvgIpc) is 2.48. The SMILES string of the molecule is O=C(C=Cc1ccc(Cl)cc1)NCCC1CCCNC1. The van der Waals surface area contributed by atoms with Crippen LogP contribution in [0.25, 0.3) is 6.08 Å². The number of piperidine rings is 1. The molecule has 0 aromatic heterocycles. The summed E-state index contributed by atoms with van der Waals surface area (Å²) < 4.78 is 0. The lowest BCUT2D eigenvalue weighted by atomic mass is 9.96. The van der Waals surface area contributed by atoms with E-state index in [4.69, 9.17) is 11.6 Å². The maximum absolute atomic E-state index is 11.7. The van der Waals surface area contributed by atoms with Gasteiger partial charge < -0.3 is 10.6 Å². The minimum absolute atomic E-state index is 0.0382. The maximum Gasteiger partial charge on any atom is 0.243 e. The molecule has 0 bridgehead atoms. The Hall–Kier alpha value is -1.32. The topological polar surface area (TPSA) is 41.1 Å². The zero-order chi connectivity index (χ0) is 14.2. The monoisotopic (exact) mass is 292 g/mol. The fourth-order valence-electron chi connectivity index (χ4n) is 2.37. The minimum atomic E-state index is -0.0382. The van der Waals surface area contributed by atoms with E-state index in [9.17, 15) is 4.79 Å². The first-order chi connectivity index (χ1) is 9.74. The zero-order valence-corrected chi connectivity index (χ0v) is 12.3. The number of rotatable bonds is 5. The molecule has 20 heavy (non-hydrogen) atoms. The Balaban J connectivity index is 1.68. The van der Waals surface area contributed by atoms with E-state index in [0.29, 0.717) is 10.9 Å². The van der Waals surface area contributed by atoms with Gasteiger partial charge in [0.25, 0.3) is 0 Å². The number of amides is 1. The Labute approximate surface area is 125 Å². The van der Waals surface area contributed by atoms with Gasteiger partial charge in [-0.2, -0.15) is 0 Å². The quantitative estimate of drug-likeness (QED) is 0.820. The van der Waals surface area contributed by atoms with Crippen LogP contribution in [0.2, 0.25) is 5.02 Å². The van der Waals surface area contributed by atoms with Crippen molar-refractivity contribution in [2.24, 2.45) is 5.92 Å². The Morgan fingerprint density at radius 3 is 2.90 bits per heavy atom. The van der Waals surface area contributed by atoms with Gasteiger partial charge >= 0.3 is 0 Å². The maximum atomic E-state index is 11.7. The highest BCUT2D eigenvalue weighted by molar-refractivity contribution is 6.30. The first kappa shape index (κ1) is 15.1. The second-order valence-corrected chi connectivity index (χ2v) is 5.61. The highest BCUT2D eigenvalue weighted by Gasteiger charge is 2.12. The summed E-state index contributed by atoms with van der Waals surface area (Å²) in [5, 5.41) is 7.02. The average molecular weight is 293 g/mol. The Bertz CT molecular complexity index is 450. The van der Waals surface area contributed by atoms with E-state index < -0.39 is 0 Å². The van der Waals surface area contributed by atoms with Gasteiger partial charge in [-0.15, -0.1) is 0 Å². The molecule has 108 valence electrons. The van der Waals surface area contributed by atoms with Crippen LogP contribution in [0.5, 0.6) is 0 Å². The van der Waals surface area contributed by atoms with Gasteiger partial charge in [0.05, 0.1) is 0 Å². The molecule has 2 rings (SSSR count). The van der Waals surface area contributed by atoms with E-state index in [1.165, 1.54) is 12.8 Å². The van der Waals surface area contributed by atoms with E-state index in [1.54, 1.807) is 12.2 Å². The molecule has 1 atom stereocenters. The molecule has 0 aliphatic carbocycles. The number of nitrogens with one attached hydrogen (secondary N) is 2. The number of carbonyl (C=O) groups is 1. The Morgan fingerprint density at radius 1 is 1.40 bits per heavy atom. The third-order valence-electron chi connectivity index (χ3n) is 3.55. The van der Waals surface area contributed by atoms with Crippen molar-refractivity contribution < 1.29 is 4.79 Å². The van der Waals surface area contributed by atoms with Crippen molar-refractivity contribution in [3.05, 3.63) is 40.9 Å². The van der Waals surface area contributed by atoms with E-state index in [-0.39, 0.29) is 5.91 Å². The standard InChI is InChI=1S/C16H21ClN2O/c17-15-6-3-13(4-7-15)5-8-16(20)19-11-9-14-2-1-10-18-12-14/h3-8,14,18H,1-2,9-12H2,(H,19,20). The van der Waals surface area contributed by atoms with Crippen molar-refractivity contribution in [1.82, 2.24) is 10.6 Å². The van der Waals surface area contributed by atoms with Crippen molar-refractivity contribution in [1.29, 1.82) is 0 Å². The molecule has 1 saturated heterocycles. The molecule has 2 N–H and O–H groups in total. The molecule has 1 unspecified atom stereocenters. The van der Waals surface area contributed by atoms with Gasteiger partial charge in [-0.1, -0.05) is 23.7 Å². The number of hydrogen-bond acceptors (Lipinski definition) is 2. The van der Waals surface area contributed by atoms with Crippen LogP contribution in [0.3, 0.4) is 0 Å². The van der Waals surface area contributed by atoms with Crippen LogP contribution in [0.4, 0.5) is 0 Å². The summed E-state index contributed by atoms with van der Waals surface area (Å²) in [5.41, 5.74) is 0.973. The third-order valence-corrected chi connectivity index (χ3v) is 3.80. The van der Waals surface area contributed by atoms with E-state index >= 15 is 0 Å². The summed E-state index contributed by atoms with van der Waals surface area (Å²) in [6.45, 7) is 2.96. The molecule has 1 aliphatic heterocycles. The molecule has 1 aromatic carbocycles. The van der Waals surface area contributed by atoms with Crippen LogP contribution in [0, 0.1) is 5.92 Å². The number of hydrogen-bond donors (Lipinski definition) is 2. The van der Waals surface area contributed by atoms with Crippen molar-refractivity contribution in [3.8, 4) is 0 Å². The molecular formula is C16H21ClN2O. The smallest absolute Gasteiger partial charge is 0.243 e. The molecule has 1 fully saturated rings. The molecule has 1 heterocycles. The van der Waals surface area contributed by atoms with Gasteiger partial charge in [0.15, 0.2) is 0 Å². The van der Waals surface area contributed by atoms with Crippen LogP contribution in [-0.2, 0) is 4.79 Å². The first-order valence-corrected chi connectivity index (χ1v) is 7.54. The molecule has 1 amide bonds. The lowest BCUT2D eigenvalue weighted by Gasteiger charge is -2.22. The van der Waals surface area contributed by atoms with Crippen LogP contribution in [0.1, 0.15) is 24.8 Å². The molecule has 0 radical (unpaired) electrons. The summed E-state index contributed by atoms with van der Waals surface area (Å²) in [6.07, 6.45) is 6.93.